The van der Waals surface area contributed by atoms with Gasteiger partial charge in [0.2, 0.25) is 5.91 Å². The van der Waals surface area contributed by atoms with Crippen molar-refractivity contribution in [2.75, 3.05) is 37.9 Å². The van der Waals surface area contributed by atoms with Gasteiger partial charge in [-0.25, -0.2) is 0 Å². The number of carbonyl (C=O) groups excluding carboxylic acids is 1. The van der Waals surface area contributed by atoms with Gasteiger partial charge in [0.1, 0.15) is 11.5 Å². The summed E-state index contributed by atoms with van der Waals surface area (Å²) < 4.78 is 17.0. The number of para-hydroxylation sites is 2. The molecule has 0 heterocycles. The molecular weight excluding hydrogens is 252 g/mol. The van der Waals surface area contributed by atoms with E-state index in [1.54, 1.807) is 26.2 Å². The molecule has 0 aliphatic rings. The summed E-state index contributed by atoms with van der Waals surface area (Å²) in [5.74, 6) is 0.773. The maximum absolute atomic E-state index is 11.6. The van der Waals surface area contributed by atoms with Crippen LogP contribution in [-0.4, -0.2) is 47.2 Å². The highest BCUT2D eigenvalue weighted by atomic mass is 32.2. The Labute approximate surface area is 109 Å². The summed E-state index contributed by atoms with van der Waals surface area (Å²) in [6.07, 6.45) is 0. The summed E-state index contributed by atoms with van der Waals surface area (Å²) in [5.41, 5.74) is 6.25. The van der Waals surface area contributed by atoms with E-state index in [0.717, 1.165) is 0 Å². The molecule has 5 nitrogen and oxygen atoms in total. The van der Waals surface area contributed by atoms with Crippen molar-refractivity contribution in [1.82, 2.24) is 4.90 Å². The summed E-state index contributed by atoms with van der Waals surface area (Å²) in [7, 11) is 2.07. The van der Waals surface area contributed by atoms with E-state index in [4.69, 9.17) is 10.5 Å². The van der Waals surface area contributed by atoms with Crippen LogP contribution in [0, 0.1) is 0 Å². The second-order valence-electron chi connectivity index (χ2n) is 3.96. The number of hydrogen-bond donors (Lipinski definition) is 1. The van der Waals surface area contributed by atoms with Gasteiger partial charge in [-0.3, -0.25) is 9.00 Å². The minimum absolute atomic E-state index is 0.0284. The molecule has 0 aliphatic carbocycles. The number of ether oxygens (including phenoxy) is 1. The Kier molecular flexibility index (Phi) is 5.64. The number of nitrogens with zero attached hydrogens (tertiary/aromatic N) is 1. The van der Waals surface area contributed by atoms with Gasteiger partial charge < -0.3 is 15.4 Å². The van der Waals surface area contributed by atoms with Crippen LogP contribution in [0.3, 0.4) is 0 Å². The van der Waals surface area contributed by atoms with Crippen molar-refractivity contribution < 1.29 is 13.7 Å². The second kappa shape index (κ2) is 7.00. The molecule has 0 aliphatic heterocycles. The first-order chi connectivity index (χ1) is 8.50. The van der Waals surface area contributed by atoms with Gasteiger partial charge in [-0.1, -0.05) is 12.1 Å². The van der Waals surface area contributed by atoms with Crippen molar-refractivity contribution in [3.63, 3.8) is 0 Å². The van der Waals surface area contributed by atoms with Gasteiger partial charge in [-0.2, -0.15) is 0 Å². The summed E-state index contributed by atoms with van der Waals surface area (Å²) in [4.78, 5) is 12.7. The fourth-order valence-electron chi connectivity index (χ4n) is 1.20. The molecule has 0 spiro atoms. The van der Waals surface area contributed by atoms with E-state index in [1.165, 1.54) is 4.90 Å². The van der Waals surface area contributed by atoms with Gasteiger partial charge in [-0.05, 0) is 12.1 Å². The molecule has 1 aromatic carbocycles. The molecule has 1 rings (SSSR count). The number of benzene rings is 1. The fourth-order valence-corrected chi connectivity index (χ4v) is 2.14. The van der Waals surface area contributed by atoms with E-state index in [0.29, 0.717) is 17.2 Å². The van der Waals surface area contributed by atoms with Gasteiger partial charge in [-0.15, -0.1) is 0 Å². The predicted molar refractivity (Wildman–Crippen MR) is 72.9 cm³/mol. The summed E-state index contributed by atoms with van der Waals surface area (Å²) >= 11 is 0. The Morgan fingerprint density at radius 1 is 1.39 bits per heavy atom. The van der Waals surface area contributed by atoms with Crippen LogP contribution >= 0.6 is 0 Å². The van der Waals surface area contributed by atoms with Gasteiger partial charge in [0, 0.05) is 24.9 Å². The van der Waals surface area contributed by atoms with E-state index < -0.39 is 10.8 Å². The van der Waals surface area contributed by atoms with Crippen LogP contribution in [0.4, 0.5) is 5.69 Å². The quantitative estimate of drug-likeness (QED) is 0.763. The molecule has 6 heteroatoms. The molecule has 0 saturated heterocycles. The highest BCUT2D eigenvalue weighted by Gasteiger charge is 2.10. The molecule has 0 bridgehead atoms. The lowest BCUT2D eigenvalue weighted by atomic mass is 10.3. The normalized spacial score (nSPS) is 11.9. The Hall–Kier alpha value is -1.56. The largest absolute Gasteiger partial charge is 0.490 e. The number of nitrogens with two attached hydrogens (primary N) is 1. The van der Waals surface area contributed by atoms with Crippen LogP contribution in [0.15, 0.2) is 24.3 Å². The average molecular weight is 270 g/mol. The Balaban J connectivity index is 2.32. The topological polar surface area (TPSA) is 72.6 Å². The molecule has 0 radical (unpaired) electrons. The van der Waals surface area contributed by atoms with Crippen LogP contribution in [-0.2, 0) is 15.6 Å². The molecule has 2 N–H and O–H groups in total. The van der Waals surface area contributed by atoms with Crippen LogP contribution in [0.1, 0.15) is 0 Å². The molecular formula is C12H18N2O3S. The van der Waals surface area contributed by atoms with Crippen molar-refractivity contribution in [2.45, 2.75) is 0 Å². The molecule has 1 amide bonds. The van der Waals surface area contributed by atoms with E-state index >= 15 is 0 Å². The van der Waals surface area contributed by atoms with Crippen molar-refractivity contribution in [1.29, 1.82) is 0 Å². The molecule has 0 fully saturated rings. The average Bonchev–Trinajstić information content (AvgIpc) is 2.31. The van der Waals surface area contributed by atoms with Crippen LogP contribution in [0.2, 0.25) is 0 Å². The Morgan fingerprint density at radius 3 is 2.67 bits per heavy atom. The van der Waals surface area contributed by atoms with Crippen LogP contribution in [0.5, 0.6) is 5.75 Å². The lowest BCUT2D eigenvalue weighted by molar-refractivity contribution is -0.125. The summed E-state index contributed by atoms with van der Waals surface area (Å²) in [6, 6.07) is 7.12. The number of nitrogen functional groups attached to an aromatic ring is 1. The Morgan fingerprint density at radius 2 is 2.06 bits per heavy atom. The van der Waals surface area contributed by atoms with Crippen LogP contribution in [0.25, 0.3) is 0 Å². The zero-order chi connectivity index (χ0) is 13.5. The monoisotopic (exact) mass is 270 g/mol. The maximum Gasteiger partial charge on any atom is 0.234 e. The minimum Gasteiger partial charge on any atom is -0.490 e. The van der Waals surface area contributed by atoms with E-state index in [2.05, 4.69) is 0 Å². The minimum atomic E-state index is -1.21. The molecule has 1 atom stereocenters. The number of carbonyl (C=O) groups is 1. The predicted octanol–water partition coefficient (Wildman–Crippen LogP) is 0.484. The van der Waals surface area contributed by atoms with E-state index in [1.807, 2.05) is 12.1 Å². The molecule has 18 heavy (non-hydrogen) atoms. The van der Waals surface area contributed by atoms with Crippen molar-refractivity contribution in [3.05, 3.63) is 24.3 Å². The highest BCUT2D eigenvalue weighted by molar-refractivity contribution is 7.85. The first-order valence-electron chi connectivity index (χ1n) is 5.53. The SMILES string of the molecule is CN(C)C(=O)CS(=O)CCOc1ccccc1N. The van der Waals surface area contributed by atoms with Crippen molar-refractivity contribution in [3.8, 4) is 5.75 Å². The smallest absolute Gasteiger partial charge is 0.234 e. The summed E-state index contributed by atoms with van der Waals surface area (Å²) in [6.45, 7) is 0.279. The molecule has 0 saturated carbocycles. The molecule has 100 valence electrons. The third-order valence-electron chi connectivity index (χ3n) is 2.27. The van der Waals surface area contributed by atoms with E-state index in [9.17, 15) is 9.00 Å². The lowest BCUT2D eigenvalue weighted by Gasteiger charge is -2.10. The van der Waals surface area contributed by atoms with E-state index in [-0.39, 0.29) is 18.3 Å². The zero-order valence-corrected chi connectivity index (χ0v) is 11.4. The number of amides is 1. The molecule has 1 unspecified atom stereocenters. The number of rotatable bonds is 6. The molecule has 0 aromatic heterocycles. The lowest BCUT2D eigenvalue weighted by Crippen LogP contribution is -2.28. The fraction of sp³-hybridized carbons (Fsp3) is 0.417. The van der Waals surface area contributed by atoms with Gasteiger partial charge in [0.25, 0.3) is 0 Å². The standard InChI is InChI=1S/C12H18N2O3S/c1-14(2)12(15)9-18(16)8-7-17-11-6-4-3-5-10(11)13/h3-6H,7-9,13H2,1-2H3. The number of anilines is 1. The molecule has 1 aromatic rings. The van der Waals surface area contributed by atoms with Gasteiger partial charge in [0.05, 0.1) is 18.0 Å². The van der Waals surface area contributed by atoms with Crippen molar-refractivity contribution in [2.24, 2.45) is 0 Å². The van der Waals surface area contributed by atoms with Crippen molar-refractivity contribution >= 4 is 22.4 Å². The third kappa shape index (κ3) is 4.75. The van der Waals surface area contributed by atoms with Crippen LogP contribution < -0.4 is 10.5 Å². The second-order valence-corrected chi connectivity index (χ2v) is 5.54. The van der Waals surface area contributed by atoms with Gasteiger partial charge in [0.15, 0.2) is 0 Å². The number of hydrogen-bond acceptors (Lipinski definition) is 4. The highest BCUT2D eigenvalue weighted by Crippen LogP contribution is 2.19. The maximum atomic E-state index is 11.6. The summed E-state index contributed by atoms with van der Waals surface area (Å²) in [5, 5.41) is 0. The third-order valence-corrected chi connectivity index (χ3v) is 3.46. The Bertz CT molecular complexity index is 435. The first kappa shape index (κ1) is 14.5. The van der Waals surface area contributed by atoms with Gasteiger partial charge >= 0.3 is 0 Å². The zero-order valence-electron chi connectivity index (χ0n) is 10.6. The first-order valence-corrected chi connectivity index (χ1v) is 7.02.